The van der Waals surface area contributed by atoms with E-state index in [1.54, 1.807) is 11.1 Å². The maximum Gasteiger partial charge on any atom is 0.0481 e. The topological polar surface area (TPSA) is 21.9 Å². The highest BCUT2D eigenvalue weighted by atomic mass is 15.1. The summed E-state index contributed by atoms with van der Waals surface area (Å²) in [5.74, 6) is 0. The Morgan fingerprint density at radius 2 is 2.18 bits per heavy atom. The van der Waals surface area contributed by atoms with Crippen molar-refractivity contribution < 1.29 is 0 Å². The Hall–Kier alpha value is -0.820. The fourth-order valence-corrected chi connectivity index (χ4v) is 2.11. The van der Waals surface area contributed by atoms with Gasteiger partial charge < -0.3 is 5.32 Å². The molecular weight excluding hydrogens is 134 g/mol. The van der Waals surface area contributed by atoms with E-state index in [1.807, 2.05) is 0 Å². The zero-order valence-electron chi connectivity index (χ0n) is 6.38. The fraction of sp³-hybridized carbons (Fsp3) is 0.400. The number of hydrogen-bond acceptors (Lipinski definition) is 1. The van der Waals surface area contributed by atoms with Gasteiger partial charge in [-0.25, -0.2) is 0 Å². The van der Waals surface area contributed by atoms with Crippen molar-refractivity contribution in [2.24, 2.45) is 0 Å². The van der Waals surface area contributed by atoms with Crippen molar-refractivity contribution in [2.75, 3.05) is 0 Å². The predicted octanol–water partition coefficient (Wildman–Crippen LogP) is 1.65. The Morgan fingerprint density at radius 1 is 1.27 bits per heavy atom. The summed E-state index contributed by atoms with van der Waals surface area (Å²) in [6.07, 6.45) is 2.60. The third-order valence-corrected chi connectivity index (χ3v) is 2.80. The summed E-state index contributed by atoms with van der Waals surface area (Å²) in [7, 11) is 0. The SMILES string of the molecule is c1ccc2c(c1)CC[C@H]1N[C@@H]21. The van der Waals surface area contributed by atoms with Gasteiger partial charge >= 0.3 is 0 Å². The van der Waals surface area contributed by atoms with Gasteiger partial charge in [-0.05, 0) is 24.0 Å². The summed E-state index contributed by atoms with van der Waals surface area (Å²) in [5, 5.41) is 3.49. The monoisotopic (exact) mass is 145 g/mol. The van der Waals surface area contributed by atoms with Gasteiger partial charge in [0.15, 0.2) is 0 Å². The fourth-order valence-electron chi connectivity index (χ4n) is 2.11. The van der Waals surface area contributed by atoms with E-state index in [-0.39, 0.29) is 0 Å². The molecule has 0 aromatic heterocycles. The van der Waals surface area contributed by atoms with Crippen molar-refractivity contribution >= 4 is 0 Å². The highest BCUT2D eigenvalue weighted by Gasteiger charge is 2.40. The number of aryl methyl sites for hydroxylation is 1. The molecule has 0 unspecified atom stereocenters. The molecule has 0 amide bonds. The zero-order chi connectivity index (χ0) is 7.26. The summed E-state index contributed by atoms with van der Waals surface area (Å²) in [6.45, 7) is 0. The van der Waals surface area contributed by atoms with E-state index in [4.69, 9.17) is 0 Å². The van der Waals surface area contributed by atoms with E-state index in [9.17, 15) is 0 Å². The van der Waals surface area contributed by atoms with Crippen molar-refractivity contribution in [3.63, 3.8) is 0 Å². The standard InChI is InChI=1S/C10H11N/c1-2-4-8-7(3-1)5-6-9-10(8)11-9/h1-4,9-11H,5-6H2/t9-,10+/m1/s1. The molecule has 0 saturated carbocycles. The number of rotatable bonds is 0. The molecular formula is C10H11N. The van der Waals surface area contributed by atoms with Gasteiger partial charge in [0.05, 0.1) is 0 Å². The molecule has 0 radical (unpaired) electrons. The van der Waals surface area contributed by atoms with E-state index >= 15 is 0 Å². The summed E-state index contributed by atoms with van der Waals surface area (Å²) in [6, 6.07) is 10.3. The molecule has 1 aromatic rings. The van der Waals surface area contributed by atoms with Crippen LogP contribution in [0.1, 0.15) is 23.6 Å². The van der Waals surface area contributed by atoms with Crippen molar-refractivity contribution in [3.05, 3.63) is 35.4 Å². The van der Waals surface area contributed by atoms with Crippen LogP contribution in [0.5, 0.6) is 0 Å². The van der Waals surface area contributed by atoms with Gasteiger partial charge in [-0.15, -0.1) is 0 Å². The number of benzene rings is 1. The van der Waals surface area contributed by atoms with Crippen LogP contribution in [0.25, 0.3) is 0 Å². The zero-order valence-corrected chi connectivity index (χ0v) is 6.38. The molecule has 1 aromatic carbocycles. The van der Waals surface area contributed by atoms with E-state index in [2.05, 4.69) is 29.6 Å². The lowest BCUT2D eigenvalue weighted by Gasteiger charge is -2.11. The maximum absolute atomic E-state index is 3.49. The molecule has 1 aliphatic carbocycles. The van der Waals surface area contributed by atoms with Crippen LogP contribution >= 0.6 is 0 Å². The summed E-state index contributed by atoms with van der Waals surface area (Å²) < 4.78 is 0. The van der Waals surface area contributed by atoms with E-state index in [0.717, 1.165) is 6.04 Å². The molecule has 1 fully saturated rings. The van der Waals surface area contributed by atoms with Gasteiger partial charge in [-0.3, -0.25) is 0 Å². The molecule has 2 atom stereocenters. The molecule has 1 aliphatic heterocycles. The first-order valence-corrected chi connectivity index (χ1v) is 4.29. The second kappa shape index (κ2) is 1.86. The smallest absolute Gasteiger partial charge is 0.0481 e. The second-order valence-electron chi connectivity index (χ2n) is 3.49. The van der Waals surface area contributed by atoms with Crippen LogP contribution in [0.4, 0.5) is 0 Å². The Balaban J connectivity index is 2.14. The first-order valence-electron chi connectivity index (χ1n) is 4.29. The van der Waals surface area contributed by atoms with E-state index < -0.39 is 0 Å². The molecule has 0 bridgehead atoms. The van der Waals surface area contributed by atoms with Crippen LogP contribution in [0.3, 0.4) is 0 Å². The quantitative estimate of drug-likeness (QED) is 0.551. The highest BCUT2D eigenvalue weighted by Crippen LogP contribution is 2.39. The molecule has 3 rings (SSSR count). The van der Waals surface area contributed by atoms with Crippen LogP contribution in [0.15, 0.2) is 24.3 Å². The second-order valence-corrected chi connectivity index (χ2v) is 3.49. The van der Waals surface area contributed by atoms with Gasteiger partial charge in [-0.2, -0.15) is 0 Å². The Bertz CT molecular complexity index is 293. The first-order chi connectivity index (χ1) is 5.45. The van der Waals surface area contributed by atoms with Gasteiger partial charge in [-0.1, -0.05) is 24.3 Å². The number of nitrogens with one attached hydrogen (secondary N) is 1. The molecule has 2 aliphatic rings. The largest absolute Gasteiger partial charge is 0.304 e. The van der Waals surface area contributed by atoms with E-state index in [0.29, 0.717) is 6.04 Å². The van der Waals surface area contributed by atoms with Crippen LogP contribution < -0.4 is 5.32 Å². The van der Waals surface area contributed by atoms with Crippen molar-refractivity contribution in [1.82, 2.24) is 5.32 Å². The molecule has 0 spiro atoms. The molecule has 1 nitrogen and oxygen atoms in total. The lowest BCUT2D eigenvalue weighted by atomic mass is 9.92. The molecule has 56 valence electrons. The van der Waals surface area contributed by atoms with Crippen molar-refractivity contribution in [3.8, 4) is 0 Å². The molecule has 1 N–H and O–H groups in total. The van der Waals surface area contributed by atoms with Crippen LogP contribution in [-0.2, 0) is 6.42 Å². The lowest BCUT2D eigenvalue weighted by Crippen LogP contribution is -2.03. The van der Waals surface area contributed by atoms with Crippen LogP contribution in [0.2, 0.25) is 0 Å². The minimum absolute atomic E-state index is 0.708. The summed E-state index contributed by atoms with van der Waals surface area (Å²) in [4.78, 5) is 0. The van der Waals surface area contributed by atoms with Gasteiger partial charge in [0.2, 0.25) is 0 Å². The Labute approximate surface area is 66.4 Å². The minimum Gasteiger partial charge on any atom is -0.304 e. The van der Waals surface area contributed by atoms with Crippen molar-refractivity contribution in [2.45, 2.75) is 24.9 Å². The number of hydrogen-bond donors (Lipinski definition) is 1. The minimum atomic E-state index is 0.708. The normalized spacial score (nSPS) is 32.4. The maximum atomic E-state index is 3.49. The van der Waals surface area contributed by atoms with Gasteiger partial charge in [0.25, 0.3) is 0 Å². The average Bonchev–Trinajstić information content (AvgIpc) is 2.83. The third-order valence-electron chi connectivity index (χ3n) is 2.80. The molecule has 1 heteroatoms. The molecule has 11 heavy (non-hydrogen) atoms. The first kappa shape index (κ1) is 5.78. The van der Waals surface area contributed by atoms with Crippen LogP contribution in [0, 0.1) is 0 Å². The third kappa shape index (κ3) is 0.746. The van der Waals surface area contributed by atoms with Gasteiger partial charge in [0, 0.05) is 12.1 Å². The Morgan fingerprint density at radius 3 is 3.18 bits per heavy atom. The van der Waals surface area contributed by atoms with E-state index in [1.165, 1.54) is 12.8 Å². The highest BCUT2D eigenvalue weighted by molar-refractivity contribution is 5.37. The predicted molar refractivity (Wildman–Crippen MR) is 44.4 cm³/mol. The molecule has 1 saturated heterocycles. The summed E-state index contributed by atoms with van der Waals surface area (Å²) in [5.41, 5.74) is 3.10. The average molecular weight is 145 g/mol. The van der Waals surface area contributed by atoms with Gasteiger partial charge in [0.1, 0.15) is 0 Å². The number of fused-ring (bicyclic) bond motifs is 3. The van der Waals surface area contributed by atoms with Crippen molar-refractivity contribution in [1.29, 1.82) is 0 Å². The lowest BCUT2D eigenvalue weighted by molar-refractivity contribution is 0.745. The molecule has 1 heterocycles. The summed E-state index contributed by atoms with van der Waals surface area (Å²) >= 11 is 0. The van der Waals surface area contributed by atoms with Crippen LogP contribution in [-0.4, -0.2) is 6.04 Å². The Kier molecular flexibility index (Phi) is 0.977.